The highest BCUT2D eigenvalue weighted by Crippen LogP contribution is 2.37. The third kappa shape index (κ3) is 4.23. The van der Waals surface area contributed by atoms with E-state index >= 15 is 0 Å². The van der Waals surface area contributed by atoms with E-state index in [1.807, 2.05) is 23.7 Å². The van der Waals surface area contributed by atoms with Crippen LogP contribution in [-0.2, 0) is 24.1 Å². The van der Waals surface area contributed by atoms with E-state index in [1.54, 1.807) is 24.6 Å². The lowest BCUT2D eigenvalue weighted by Gasteiger charge is -2.35. The van der Waals surface area contributed by atoms with Crippen LogP contribution in [0.3, 0.4) is 0 Å². The monoisotopic (exact) mass is 502 g/mol. The summed E-state index contributed by atoms with van der Waals surface area (Å²) in [5.41, 5.74) is 2.99. The minimum atomic E-state index is -3.43. The molecule has 11 heteroatoms. The molecule has 3 aromatic rings. The van der Waals surface area contributed by atoms with Crippen molar-refractivity contribution >= 4 is 21.2 Å². The van der Waals surface area contributed by atoms with Gasteiger partial charge in [0.05, 0.1) is 41.4 Å². The van der Waals surface area contributed by atoms with E-state index < -0.39 is 14.6 Å². The molecule has 2 aliphatic rings. The van der Waals surface area contributed by atoms with Gasteiger partial charge in [0.2, 0.25) is 0 Å². The predicted octanol–water partition coefficient (Wildman–Crippen LogP) is 3.11. The highest BCUT2D eigenvalue weighted by atomic mass is 32.2. The third-order valence-electron chi connectivity index (χ3n) is 7.24. The summed E-state index contributed by atoms with van der Waals surface area (Å²) in [4.78, 5) is 6.91. The first-order chi connectivity index (χ1) is 16.6. The van der Waals surface area contributed by atoms with Crippen LogP contribution >= 0.6 is 0 Å². The van der Waals surface area contributed by atoms with Crippen LogP contribution in [0, 0.1) is 6.92 Å². The van der Waals surface area contributed by atoms with Crippen molar-refractivity contribution in [3.8, 4) is 11.5 Å². The standard InChI is InChI=1S/C24H34N6O4S/c1-16-12-19(29(26-16)22-8-6-7-10-34-22)23-25-14-20-18(24(3,4)35(5,31)32)13-21(27-30(20)23)28-9-11-33-15-17(28)2/h12-14,17,22H,6-11,15H2,1-5H3/t17-,22?/m1/s1. The Hall–Kier alpha value is -2.50. The van der Waals surface area contributed by atoms with Crippen molar-refractivity contribution < 1.29 is 17.9 Å². The maximum Gasteiger partial charge on any atom is 0.179 e. The number of fused-ring (bicyclic) bond motifs is 1. The zero-order chi connectivity index (χ0) is 25.0. The van der Waals surface area contributed by atoms with Crippen molar-refractivity contribution in [2.45, 2.75) is 64.0 Å². The second-order valence-corrected chi connectivity index (χ2v) is 12.7. The van der Waals surface area contributed by atoms with Gasteiger partial charge in [-0.3, -0.25) is 0 Å². The topological polar surface area (TPSA) is 104 Å². The molecule has 0 bridgehead atoms. The molecule has 2 aliphatic heterocycles. The average Bonchev–Trinajstić information content (AvgIpc) is 3.41. The molecule has 0 saturated carbocycles. The highest BCUT2D eigenvalue weighted by Gasteiger charge is 2.37. The minimum absolute atomic E-state index is 0.110. The first-order valence-electron chi connectivity index (χ1n) is 12.2. The lowest BCUT2D eigenvalue weighted by Crippen LogP contribution is -2.44. The second-order valence-electron chi connectivity index (χ2n) is 10.1. The van der Waals surface area contributed by atoms with Gasteiger partial charge in [0.25, 0.3) is 0 Å². The zero-order valence-electron chi connectivity index (χ0n) is 21.1. The Kier molecular flexibility index (Phi) is 6.13. The van der Waals surface area contributed by atoms with E-state index in [0.29, 0.717) is 49.1 Å². The number of aromatic nitrogens is 5. The Bertz CT molecular complexity index is 1340. The van der Waals surface area contributed by atoms with E-state index in [9.17, 15) is 8.42 Å². The van der Waals surface area contributed by atoms with Crippen molar-refractivity contribution in [3.05, 3.63) is 29.6 Å². The fourth-order valence-corrected chi connectivity index (χ4v) is 5.41. The number of sulfone groups is 1. The van der Waals surface area contributed by atoms with Gasteiger partial charge in [0, 0.05) is 25.0 Å². The van der Waals surface area contributed by atoms with Crippen molar-refractivity contribution in [1.29, 1.82) is 0 Å². The number of hydrogen-bond acceptors (Lipinski definition) is 8. The predicted molar refractivity (Wildman–Crippen MR) is 133 cm³/mol. The van der Waals surface area contributed by atoms with Crippen molar-refractivity contribution in [3.63, 3.8) is 0 Å². The van der Waals surface area contributed by atoms with Crippen molar-refractivity contribution in [2.24, 2.45) is 0 Å². The van der Waals surface area contributed by atoms with Gasteiger partial charge in [-0.05, 0) is 59.1 Å². The molecule has 3 aromatic heterocycles. The van der Waals surface area contributed by atoms with Crippen LogP contribution in [0.4, 0.5) is 5.82 Å². The molecule has 0 aromatic carbocycles. The molecule has 2 saturated heterocycles. The smallest absolute Gasteiger partial charge is 0.179 e. The average molecular weight is 503 g/mol. The minimum Gasteiger partial charge on any atom is -0.377 e. The Morgan fingerprint density at radius 2 is 1.94 bits per heavy atom. The zero-order valence-corrected chi connectivity index (χ0v) is 21.9. The molecule has 1 unspecified atom stereocenters. The summed E-state index contributed by atoms with van der Waals surface area (Å²) >= 11 is 0. The van der Waals surface area contributed by atoms with Gasteiger partial charge in [-0.1, -0.05) is 0 Å². The fraction of sp³-hybridized carbons (Fsp3) is 0.625. The van der Waals surface area contributed by atoms with E-state index in [4.69, 9.17) is 24.7 Å². The number of morpholine rings is 1. The maximum absolute atomic E-state index is 12.9. The Labute approximate surface area is 206 Å². The van der Waals surface area contributed by atoms with E-state index in [2.05, 4.69) is 11.8 Å². The number of imidazole rings is 1. The molecule has 0 spiro atoms. The summed E-state index contributed by atoms with van der Waals surface area (Å²) in [6.07, 6.45) is 5.84. The maximum atomic E-state index is 12.9. The molecule has 0 aliphatic carbocycles. The second kappa shape index (κ2) is 8.86. The summed E-state index contributed by atoms with van der Waals surface area (Å²) in [7, 11) is -3.43. The van der Waals surface area contributed by atoms with Gasteiger partial charge in [-0.15, -0.1) is 5.10 Å². The summed E-state index contributed by atoms with van der Waals surface area (Å²) in [6, 6.07) is 3.99. The first kappa shape index (κ1) is 24.2. The number of nitrogens with zero attached hydrogens (tertiary/aromatic N) is 6. The van der Waals surface area contributed by atoms with Crippen LogP contribution in [0.2, 0.25) is 0 Å². The van der Waals surface area contributed by atoms with Gasteiger partial charge in [-0.2, -0.15) is 5.10 Å². The quantitative estimate of drug-likeness (QED) is 0.524. The molecule has 35 heavy (non-hydrogen) atoms. The van der Waals surface area contributed by atoms with Crippen LogP contribution in [0.1, 0.15) is 57.5 Å². The molecule has 5 heterocycles. The largest absolute Gasteiger partial charge is 0.377 e. The fourth-order valence-electron chi connectivity index (χ4n) is 4.85. The van der Waals surface area contributed by atoms with Crippen molar-refractivity contribution in [1.82, 2.24) is 24.4 Å². The molecule has 0 radical (unpaired) electrons. The molecular formula is C24H34N6O4S. The summed E-state index contributed by atoms with van der Waals surface area (Å²) in [5.74, 6) is 1.32. The molecule has 5 rings (SSSR count). The van der Waals surface area contributed by atoms with Gasteiger partial charge in [0.15, 0.2) is 21.9 Å². The van der Waals surface area contributed by atoms with Gasteiger partial charge in [-0.25, -0.2) is 22.6 Å². The summed E-state index contributed by atoms with van der Waals surface area (Å²) in [5, 5.41) is 9.70. The van der Waals surface area contributed by atoms with E-state index in [1.165, 1.54) is 6.26 Å². The first-order valence-corrected chi connectivity index (χ1v) is 14.1. The summed E-state index contributed by atoms with van der Waals surface area (Å²) < 4.78 is 39.9. The lowest BCUT2D eigenvalue weighted by molar-refractivity contribution is -0.0386. The van der Waals surface area contributed by atoms with E-state index in [0.717, 1.165) is 30.7 Å². The number of rotatable bonds is 5. The van der Waals surface area contributed by atoms with Crippen LogP contribution in [0.15, 0.2) is 18.3 Å². The normalized spacial score (nSPS) is 22.1. The number of aryl methyl sites for hydroxylation is 1. The van der Waals surface area contributed by atoms with Gasteiger partial charge in [0.1, 0.15) is 11.5 Å². The van der Waals surface area contributed by atoms with Crippen LogP contribution in [0.25, 0.3) is 17.0 Å². The highest BCUT2D eigenvalue weighted by molar-refractivity contribution is 7.91. The third-order valence-corrected chi connectivity index (χ3v) is 9.32. The molecule has 2 atom stereocenters. The SMILES string of the molecule is Cc1cc(-c2ncc3c(C(C)(C)S(C)(=O)=O)cc(N4CCOC[C@H]4C)nn23)n(C2CCCCO2)n1. The summed E-state index contributed by atoms with van der Waals surface area (Å²) in [6.45, 7) is 10.1. The van der Waals surface area contributed by atoms with Crippen LogP contribution in [-0.4, -0.2) is 71.5 Å². The lowest BCUT2D eigenvalue weighted by atomic mass is 10.0. The molecular weight excluding hydrogens is 468 g/mol. The van der Waals surface area contributed by atoms with E-state index in [-0.39, 0.29) is 12.3 Å². The molecule has 0 N–H and O–H groups in total. The number of ether oxygens (including phenoxy) is 2. The number of anilines is 1. The Morgan fingerprint density at radius 3 is 2.63 bits per heavy atom. The van der Waals surface area contributed by atoms with Crippen LogP contribution in [0.5, 0.6) is 0 Å². The molecule has 2 fully saturated rings. The van der Waals surface area contributed by atoms with Crippen molar-refractivity contribution in [2.75, 3.05) is 37.5 Å². The van der Waals surface area contributed by atoms with Gasteiger partial charge >= 0.3 is 0 Å². The number of hydrogen-bond donors (Lipinski definition) is 0. The Balaban J connectivity index is 1.73. The van der Waals surface area contributed by atoms with Gasteiger partial charge < -0.3 is 14.4 Å². The Morgan fingerprint density at radius 1 is 1.14 bits per heavy atom. The van der Waals surface area contributed by atoms with Crippen LogP contribution < -0.4 is 4.90 Å². The molecule has 0 amide bonds. The molecule has 10 nitrogen and oxygen atoms in total. The molecule has 190 valence electrons.